The van der Waals surface area contributed by atoms with E-state index < -0.39 is 30.5 Å². The lowest BCUT2D eigenvalue weighted by atomic mass is 10.1. The average Bonchev–Trinajstić information content (AvgIpc) is 3.42. The smallest absolute Gasteiger partial charge is 0.404 e. The molecule has 8 nitrogen and oxygen atoms in total. The predicted molar refractivity (Wildman–Crippen MR) is 152 cm³/mol. The standard InChI is InChI=1S/C28H26BrF3N3O5P/c1-3-38-41(37,39-4-2)28(31,32)23-14-5-18(15-24(23)29)17-35(22-12-10-21(30)11-13-22)27-34-16-25(40-27)19-6-8-20(9-7-19)26(33)36/h5-16H,3-4,17H2,1-2H3,(H2,33,36). The predicted octanol–water partition coefficient (Wildman–Crippen LogP) is 8.00. The number of anilines is 2. The lowest BCUT2D eigenvalue weighted by Crippen LogP contribution is -2.20. The van der Waals surface area contributed by atoms with Crippen molar-refractivity contribution in [1.29, 1.82) is 0 Å². The van der Waals surface area contributed by atoms with Crippen LogP contribution >= 0.6 is 23.5 Å². The number of rotatable bonds is 12. The van der Waals surface area contributed by atoms with Crippen LogP contribution in [0.5, 0.6) is 0 Å². The molecule has 0 bridgehead atoms. The first-order valence-electron chi connectivity index (χ1n) is 12.4. The van der Waals surface area contributed by atoms with E-state index >= 15 is 8.78 Å². The molecule has 0 radical (unpaired) electrons. The number of amides is 1. The van der Waals surface area contributed by atoms with Crippen molar-refractivity contribution in [1.82, 2.24) is 4.98 Å². The zero-order chi connectivity index (χ0) is 29.8. The number of nitrogens with two attached hydrogens (primary N) is 1. The van der Waals surface area contributed by atoms with Crippen LogP contribution in [-0.4, -0.2) is 24.1 Å². The number of alkyl halides is 2. The highest BCUT2D eigenvalue weighted by atomic mass is 79.9. The van der Waals surface area contributed by atoms with E-state index in [-0.39, 0.29) is 30.2 Å². The largest absolute Gasteiger partial charge is 0.423 e. The minimum absolute atomic E-state index is 0.0127. The van der Waals surface area contributed by atoms with Gasteiger partial charge in [0.1, 0.15) is 5.82 Å². The zero-order valence-corrected chi connectivity index (χ0v) is 24.5. The molecule has 41 heavy (non-hydrogen) atoms. The van der Waals surface area contributed by atoms with Crippen LogP contribution in [-0.2, 0) is 25.8 Å². The van der Waals surface area contributed by atoms with Gasteiger partial charge in [-0.2, -0.15) is 8.78 Å². The van der Waals surface area contributed by atoms with E-state index in [0.717, 1.165) is 6.07 Å². The summed E-state index contributed by atoms with van der Waals surface area (Å²) < 4.78 is 73.2. The molecule has 0 unspecified atom stereocenters. The number of carbonyl (C=O) groups excluding carboxylic acids is 1. The summed E-state index contributed by atoms with van der Waals surface area (Å²) in [7, 11) is -4.81. The Balaban J connectivity index is 1.68. The molecule has 1 heterocycles. The SMILES string of the molecule is CCOP(=O)(OCC)C(F)(F)c1ccc(CN(c2ccc(F)cc2)c2ncc(-c3ccc(C(N)=O)cc3)o2)cc1Br. The fourth-order valence-corrected chi connectivity index (χ4v) is 6.38. The molecule has 0 spiro atoms. The second-order valence-corrected chi connectivity index (χ2v) is 11.6. The quantitative estimate of drug-likeness (QED) is 0.155. The first-order valence-corrected chi connectivity index (χ1v) is 14.8. The topological polar surface area (TPSA) is 108 Å². The Hall–Kier alpha value is -3.44. The fourth-order valence-electron chi connectivity index (χ4n) is 3.98. The summed E-state index contributed by atoms with van der Waals surface area (Å²) >= 11 is 3.19. The Morgan fingerprint density at radius 3 is 2.24 bits per heavy atom. The van der Waals surface area contributed by atoms with Crippen molar-refractivity contribution in [3.8, 4) is 11.3 Å². The van der Waals surface area contributed by atoms with Crippen LogP contribution in [0, 0.1) is 5.82 Å². The van der Waals surface area contributed by atoms with Gasteiger partial charge in [0.05, 0.1) is 26.0 Å². The number of halogens is 4. The molecule has 4 rings (SSSR count). The maximum Gasteiger partial charge on any atom is 0.404 e. The first kappa shape index (κ1) is 30.5. The summed E-state index contributed by atoms with van der Waals surface area (Å²) in [6, 6.07) is 16.2. The second-order valence-electron chi connectivity index (χ2n) is 8.70. The van der Waals surface area contributed by atoms with Crippen LogP contribution in [0.4, 0.5) is 24.9 Å². The Kier molecular flexibility index (Phi) is 9.38. The third kappa shape index (κ3) is 6.56. The van der Waals surface area contributed by atoms with Crippen molar-refractivity contribution in [3.63, 3.8) is 0 Å². The monoisotopic (exact) mass is 651 g/mol. The Labute approximate surface area is 242 Å². The summed E-state index contributed by atoms with van der Waals surface area (Å²) in [4.78, 5) is 17.4. The highest BCUT2D eigenvalue weighted by Gasteiger charge is 2.55. The number of primary amides is 1. The molecule has 1 amide bonds. The molecule has 0 saturated carbocycles. The van der Waals surface area contributed by atoms with Crippen LogP contribution < -0.4 is 10.6 Å². The van der Waals surface area contributed by atoms with Gasteiger partial charge in [0.25, 0.3) is 0 Å². The lowest BCUT2D eigenvalue weighted by molar-refractivity contribution is 0.0354. The molecule has 0 aliphatic heterocycles. The summed E-state index contributed by atoms with van der Waals surface area (Å²) in [5.41, 5.74) is 2.86. The van der Waals surface area contributed by atoms with Crippen molar-refractivity contribution in [2.24, 2.45) is 5.73 Å². The van der Waals surface area contributed by atoms with Crippen LogP contribution in [0.1, 0.15) is 35.3 Å². The number of hydrogen-bond donors (Lipinski definition) is 1. The highest BCUT2D eigenvalue weighted by molar-refractivity contribution is 9.10. The van der Waals surface area contributed by atoms with Crippen LogP contribution in [0.25, 0.3) is 11.3 Å². The van der Waals surface area contributed by atoms with Gasteiger partial charge < -0.3 is 19.2 Å². The summed E-state index contributed by atoms with van der Waals surface area (Å²) in [5, 5.41) is 0. The van der Waals surface area contributed by atoms with Gasteiger partial charge >= 0.3 is 19.3 Å². The van der Waals surface area contributed by atoms with Gasteiger partial charge in [-0.25, -0.2) is 9.37 Å². The molecule has 1 aromatic heterocycles. The molecule has 13 heteroatoms. The zero-order valence-electron chi connectivity index (χ0n) is 22.0. The van der Waals surface area contributed by atoms with Crippen LogP contribution in [0.2, 0.25) is 0 Å². The van der Waals surface area contributed by atoms with Crippen molar-refractivity contribution in [2.75, 3.05) is 18.1 Å². The highest BCUT2D eigenvalue weighted by Crippen LogP contribution is 2.67. The van der Waals surface area contributed by atoms with Crippen LogP contribution in [0.3, 0.4) is 0 Å². The minimum Gasteiger partial charge on any atom is -0.423 e. The maximum atomic E-state index is 15.4. The maximum absolute atomic E-state index is 15.4. The van der Waals surface area contributed by atoms with Gasteiger partial charge in [0.2, 0.25) is 5.91 Å². The number of aromatic nitrogens is 1. The van der Waals surface area contributed by atoms with E-state index in [1.54, 1.807) is 29.2 Å². The van der Waals surface area contributed by atoms with Gasteiger partial charge in [0.15, 0.2) is 5.76 Å². The Morgan fingerprint density at radius 1 is 1.05 bits per heavy atom. The Morgan fingerprint density at radius 2 is 1.68 bits per heavy atom. The van der Waals surface area contributed by atoms with Gasteiger partial charge in [-0.1, -0.05) is 40.2 Å². The van der Waals surface area contributed by atoms with E-state index in [4.69, 9.17) is 19.2 Å². The summed E-state index contributed by atoms with van der Waals surface area (Å²) in [6.45, 7) is 2.55. The van der Waals surface area contributed by atoms with Gasteiger partial charge in [0, 0.05) is 26.9 Å². The third-order valence-corrected chi connectivity index (χ3v) is 8.74. The van der Waals surface area contributed by atoms with Crippen molar-refractivity contribution < 1.29 is 36.0 Å². The summed E-state index contributed by atoms with van der Waals surface area (Å²) in [5.74, 6) is -0.619. The van der Waals surface area contributed by atoms with Gasteiger partial charge in [-0.3, -0.25) is 14.3 Å². The lowest BCUT2D eigenvalue weighted by Gasteiger charge is -2.27. The second kappa shape index (κ2) is 12.6. The number of hydrogen-bond acceptors (Lipinski definition) is 7. The van der Waals surface area contributed by atoms with E-state index in [1.807, 2.05) is 0 Å². The average molecular weight is 652 g/mol. The third-order valence-electron chi connectivity index (χ3n) is 5.96. The molecular formula is C28H26BrF3N3O5P. The van der Waals surface area contributed by atoms with Gasteiger partial charge in [-0.15, -0.1) is 0 Å². The molecule has 0 saturated heterocycles. The molecule has 3 aromatic carbocycles. The number of nitrogens with zero attached hydrogens (tertiary/aromatic N) is 2. The van der Waals surface area contributed by atoms with Gasteiger partial charge in [-0.05, 0) is 61.9 Å². The summed E-state index contributed by atoms with van der Waals surface area (Å²) in [6.07, 6.45) is 1.49. The van der Waals surface area contributed by atoms with Crippen LogP contribution in [0.15, 0.2) is 81.8 Å². The fraction of sp³-hybridized carbons (Fsp3) is 0.214. The molecule has 0 aliphatic carbocycles. The molecule has 0 atom stereocenters. The molecule has 2 N–H and O–H groups in total. The van der Waals surface area contributed by atoms with E-state index in [0.29, 0.717) is 28.1 Å². The molecule has 0 fully saturated rings. The minimum atomic E-state index is -4.81. The van der Waals surface area contributed by atoms with E-state index in [2.05, 4.69) is 20.9 Å². The first-order chi connectivity index (χ1) is 19.5. The molecule has 216 valence electrons. The molecule has 4 aromatic rings. The number of oxazole rings is 1. The normalized spacial score (nSPS) is 12.0. The molecule has 0 aliphatic rings. The number of benzene rings is 3. The van der Waals surface area contributed by atoms with E-state index in [9.17, 15) is 13.8 Å². The Bertz CT molecular complexity index is 1560. The van der Waals surface area contributed by atoms with Crippen molar-refractivity contribution >= 4 is 41.1 Å². The van der Waals surface area contributed by atoms with E-state index in [1.165, 1.54) is 56.4 Å². The van der Waals surface area contributed by atoms with Crippen molar-refractivity contribution in [2.45, 2.75) is 26.1 Å². The molecular weight excluding hydrogens is 626 g/mol. The number of carbonyl (C=O) groups is 1. The van der Waals surface area contributed by atoms with Crippen molar-refractivity contribution in [3.05, 3.63) is 99.9 Å².